The number of nitrogens with two attached hydrogens (primary N) is 1. The number of nitrogens with one attached hydrogen (secondary N) is 1. The van der Waals surface area contributed by atoms with Crippen LogP contribution in [0.3, 0.4) is 0 Å². The second-order valence-corrected chi connectivity index (χ2v) is 10.3. The van der Waals surface area contributed by atoms with Crippen LogP contribution in [-0.2, 0) is 24.0 Å². The van der Waals surface area contributed by atoms with Gasteiger partial charge in [-0.15, -0.1) is 0 Å². The molecule has 4 rings (SSSR count). The first kappa shape index (κ1) is 29.5. The van der Waals surface area contributed by atoms with Crippen molar-refractivity contribution in [1.29, 1.82) is 0 Å². The first-order chi connectivity index (χ1) is 19.5. The first-order valence-electron chi connectivity index (χ1n) is 13.0. The normalized spacial score (nSPS) is 15.9. The molecule has 2 aromatic carbocycles. The Morgan fingerprint density at radius 3 is 2.27 bits per heavy atom. The van der Waals surface area contributed by atoms with E-state index in [4.69, 9.17) is 27.3 Å². The van der Waals surface area contributed by atoms with Gasteiger partial charge < -0.3 is 31.0 Å². The van der Waals surface area contributed by atoms with Crippen LogP contribution in [0.2, 0.25) is 10.8 Å². The van der Waals surface area contributed by atoms with Crippen LogP contribution in [-0.4, -0.2) is 63.4 Å². The highest BCUT2D eigenvalue weighted by atomic mass is 35.5. The number of carboxylic acids is 2. The maximum atomic E-state index is 13.5. The van der Waals surface area contributed by atoms with Gasteiger partial charge in [0.15, 0.2) is 0 Å². The minimum Gasteiger partial charge on any atom is -0.481 e. The molecule has 2 heterocycles. The summed E-state index contributed by atoms with van der Waals surface area (Å²) in [7, 11) is 0. The number of benzene rings is 2. The highest BCUT2D eigenvalue weighted by molar-refractivity contribution is 6.66. The van der Waals surface area contributed by atoms with Crippen molar-refractivity contribution >= 4 is 54.0 Å². The van der Waals surface area contributed by atoms with Gasteiger partial charge in [-0.05, 0) is 54.2 Å². The van der Waals surface area contributed by atoms with Gasteiger partial charge in [-0.2, -0.15) is 0 Å². The molecular formula is C28H28BClN4O7. The predicted molar refractivity (Wildman–Crippen MR) is 152 cm³/mol. The van der Waals surface area contributed by atoms with Crippen molar-refractivity contribution < 1.29 is 34.2 Å². The third-order valence-electron chi connectivity index (χ3n) is 7.02. The van der Waals surface area contributed by atoms with E-state index in [0.717, 1.165) is 16.7 Å². The van der Waals surface area contributed by atoms with E-state index in [9.17, 15) is 29.1 Å². The molecule has 13 heteroatoms. The summed E-state index contributed by atoms with van der Waals surface area (Å²) in [5.74, 6) is -5.41. The van der Waals surface area contributed by atoms with Gasteiger partial charge in [-0.1, -0.05) is 48.0 Å². The second-order valence-electron chi connectivity index (χ2n) is 9.85. The van der Waals surface area contributed by atoms with Crippen molar-refractivity contribution in [3.8, 4) is 11.1 Å². The first-order valence-corrected chi connectivity index (χ1v) is 13.4. The average Bonchev–Trinajstić information content (AvgIpc) is 3.31. The third kappa shape index (κ3) is 7.20. The van der Waals surface area contributed by atoms with Crippen molar-refractivity contribution in [3.05, 3.63) is 70.9 Å². The monoisotopic (exact) mass is 578 g/mol. The molecule has 5 N–H and O–H groups in total. The summed E-state index contributed by atoms with van der Waals surface area (Å²) in [4.78, 5) is 66.9. The van der Waals surface area contributed by atoms with Crippen molar-refractivity contribution in [2.75, 3.05) is 0 Å². The summed E-state index contributed by atoms with van der Waals surface area (Å²) in [5, 5.41) is 21.4. The van der Waals surface area contributed by atoms with Crippen molar-refractivity contribution in [3.63, 3.8) is 0 Å². The average molecular weight is 579 g/mol. The van der Waals surface area contributed by atoms with Gasteiger partial charge in [-0.3, -0.25) is 24.0 Å². The number of fused-ring (bicyclic) bond motifs is 1. The molecule has 1 unspecified atom stereocenters. The Morgan fingerprint density at radius 2 is 1.63 bits per heavy atom. The van der Waals surface area contributed by atoms with Crippen LogP contribution in [0.25, 0.3) is 11.1 Å². The molecule has 1 saturated heterocycles. The molecule has 1 fully saturated rings. The lowest BCUT2D eigenvalue weighted by atomic mass is 9.57. The van der Waals surface area contributed by atoms with Crippen LogP contribution in [0.15, 0.2) is 65.2 Å². The van der Waals surface area contributed by atoms with E-state index in [-0.39, 0.29) is 25.2 Å². The Bertz CT molecular complexity index is 1440. The van der Waals surface area contributed by atoms with Gasteiger partial charge in [0.2, 0.25) is 17.7 Å². The van der Waals surface area contributed by atoms with Crippen molar-refractivity contribution in [2.45, 2.75) is 50.4 Å². The van der Waals surface area contributed by atoms with E-state index in [0.29, 0.717) is 22.9 Å². The minimum atomic E-state index is -1.29. The quantitative estimate of drug-likeness (QED) is 0.279. The number of allylic oxidation sites excluding steroid dienone is 2. The molecule has 0 saturated carbocycles. The molecule has 11 nitrogen and oxygen atoms in total. The van der Waals surface area contributed by atoms with E-state index < -0.39 is 55.4 Å². The van der Waals surface area contributed by atoms with Gasteiger partial charge in [0.25, 0.3) is 0 Å². The summed E-state index contributed by atoms with van der Waals surface area (Å²) in [6, 6.07) is 13.6. The number of hydrogen-bond donors (Lipinski definition) is 4. The smallest absolute Gasteiger partial charge is 0.414 e. The lowest BCUT2D eigenvalue weighted by Gasteiger charge is -2.32. The summed E-state index contributed by atoms with van der Waals surface area (Å²) in [5.41, 5.74) is 9.12. The van der Waals surface area contributed by atoms with Crippen LogP contribution in [0.1, 0.15) is 44.1 Å². The fraction of sp³-hybridized carbons (Fsp3) is 0.286. The topological polar surface area (TPSA) is 179 Å². The van der Waals surface area contributed by atoms with Crippen LogP contribution >= 0.6 is 11.6 Å². The van der Waals surface area contributed by atoms with Crippen LogP contribution in [0.4, 0.5) is 0 Å². The second kappa shape index (κ2) is 12.8. The standard InChI is InChI=1S/C28H28BClN4O7/c30-19-3-1-2-18(14-19)16-4-6-17(7-5-16)23-15-20-8-11-24(35)34(20)29(33-23)21(9-12-25(36)37)28(41)32-22(27(31)40)10-13-26(38)39/h1-7,14-15,21-22H,8-13H2,(H2,31,40)(H,32,41)(H,36,37)(H,38,39)/t21?,22-/m0/s1. The van der Waals surface area contributed by atoms with Gasteiger partial charge in [-0.25, -0.2) is 0 Å². The number of carboxylic acid groups (broad SMARTS) is 2. The SMILES string of the molecule is NC(=O)[C@H](CCC(=O)O)NC(=O)C(CCC(=O)O)B1N=C(c2ccc(-c3cccc(Cl)c3)cc2)C=C2CCC(=O)N12. The van der Waals surface area contributed by atoms with Crippen LogP contribution in [0.5, 0.6) is 0 Å². The third-order valence-corrected chi connectivity index (χ3v) is 7.26. The summed E-state index contributed by atoms with van der Waals surface area (Å²) >= 11 is 6.13. The number of primary amides is 1. The molecule has 0 radical (unpaired) electrons. The molecule has 3 amide bonds. The summed E-state index contributed by atoms with van der Waals surface area (Å²) in [6.45, 7) is -1.07. The molecule has 0 aliphatic carbocycles. The van der Waals surface area contributed by atoms with Gasteiger partial charge >= 0.3 is 18.9 Å². The zero-order chi connectivity index (χ0) is 29.7. The number of rotatable bonds is 12. The van der Waals surface area contributed by atoms with E-state index >= 15 is 0 Å². The number of carbonyl (C=O) groups excluding carboxylic acids is 3. The molecule has 0 bridgehead atoms. The van der Waals surface area contributed by atoms with E-state index in [1.165, 1.54) is 4.81 Å². The van der Waals surface area contributed by atoms with Crippen LogP contribution in [0, 0.1) is 0 Å². The number of amides is 3. The highest BCUT2D eigenvalue weighted by Gasteiger charge is 2.46. The minimum absolute atomic E-state index is 0.183. The maximum absolute atomic E-state index is 13.5. The summed E-state index contributed by atoms with van der Waals surface area (Å²) < 4.78 is 0. The number of halogens is 1. The molecule has 2 aliphatic rings. The Kier molecular flexibility index (Phi) is 9.23. The molecule has 41 heavy (non-hydrogen) atoms. The number of hydrogen-bond acceptors (Lipinski definition) is 6. The van der Waals surface area contributed by atoms with Gasteiger partial charge in [0, 0.05) is 30.0 Å². The van der Waals surface area contributed by atoms with E-state index in [1.54, 1.807) is 12.1 Å². The number of nitrogens with zero attached hydrogens (tertiary/aromatic N) is 2. The lowest BCUT2D eigenvalue weighted by Crippen LogP contribution is -2.52. The number of aliphatic carboxylic acids is 2. The molecule has 2 aromatic rings. The Morgan fingerprint density at radius 1 is 0.976 bits per heavy atom. The predicted octanol–water partition coefficient (Wildman–Crippen LogP) is 2.87. The fourth-order valence-electron chi connectivity index (χ4n) is 4.95. The fourth-order valence-corrected chi connectivity index (χ4v) is 5.14. The van der Waals surface area contributed by atoms with Gasteiger partial charge in [0.1, 0.15) is 6.04 Å². The Labute approximate surface area is 241 Å². The largest absolute Gasteiger partial charge is 0.481 e. The molecule has 2 aliphatic heterocycles. The van der Waals surface area contributed by atoms with Gasteiger partial charge in [0.05, 0.1) is 11.5 Å². The van der Waals surface area contributed by atoms with E-state index in [2.05, 4.69) is 5.32 Å². The van der Waals surface area contributed by atoms with Crippen molar-refractivity contribution in [2.24, 2.45) is 10.6 Å². The zero-order valence-electron chi connectivity index (χ0n) is 22.0. The maximum Gasteiger partial charge on any atom is 0.414 e. The Balaban J connectivity index is 1.67. The molecule has 2 atom stereocenters. The molecular weight excluding hydrogens is 551 g/mol. The Hall–Kier alpha value is -4.45. The van der Waals surface area contributed by atoms with E-state index in [1.807, 2.05) is 42.5 Å². The lowest BCUT2D eigenvalue weighted by molar-refractivity contribution is -0.139. The zero-order valence-corrected chi connectivity index (χ0v) is 22.7. The van der Waals surface area contributed by atoms with Crippen molar-refractivity contribution in [1.82, 2.24) is 10.1 Å². The number of carbonyl (C=O) groups is 5. The summed E-state index contributed by atoms with van der Waals surface area (Å²) in [6.07, 6.45) is 1.17. The molecule has 212 valence electrons. The molecule has 0 aromatic heterocycles. The van der Waals surface area contributed by atoms with Crippen LogP contribution < -0.4 is 11.1 Å². The highest BCUT2D eigenvalue weighted by Crippen LogP contribution is 2.35. The molecule has 0 spiro atoms.